The summed E-state index contributed by atoms with van der Waals surface area (Å²) >= 11 is 0. The minimum absolute atomic E-state index is 0.00489. The number of rotatable bonds is 4. The first-order valence-electron chi connectivity index (χ1n) is 8.43. The number of carbonyl (C=O) groups excluding carboxylic acids is 1. The quantitative estimate of drug-likeness (QED) is 0.706. The molecule has 4 heterocycles. The predicted octanol–water partition coefficient (Wildman–Crippen LogP) is 1.26. The number of aryl methyl sites for hydroxylation is 1. The number of hydrogen-bond donors (Lipinski definition) is 0. The lowest BCUT2D eigenvalue weighted by Gasteiger charge is -2.16. The van der Waals surface area contributed by atoms with Crippen molar-refractivity contribution in [3.8, 4) is 5.69 Å². The Hall–Kier alpha value is -3.00. The van der Waals surface area contributed by atoms with Crippen LogP contribution in [-0.2, 0) is 11.8 Å². The largest absolute Gasteiger partial charge is 0.379 e. The van der Waals surface area contributed by atoms with Crippen LogP contribution in [0.25, 0.3) is 5.69 Å². The van der Waals surface area contributed by atoms with Crippen LogP contribution >= 0.6 is 0 Å². The summed E-state index contributed by atoms with van der Waals surface area (Å²) in [5, 5.41) is 8.18. The van der Waals surface area contributed by atoms with E-state index < -0.39 is 0 Å². The molecular formula is C18H20N6O2. The molecule has 0 aliphatic carbocycles. The van der Waals surface area contributed by atoms with Crippen molar-refractivity contribution in [2.24, 2.45) is 7.05 Å². The van der Waals surface area contributed by atoms with Crippen LogP contribution in [0, 0.1) is 0 Å². The Morgan fingerprint density at radius 1 is 1.27 bits per heavy atom. The zero-order valence-corrected chi connectivity index (χ0v) is 14.7. The molecule has 2 atom stereocenters. The predicted molar refractivity (Wildman–Crippen MR) is 94.0 cm³/mol. The summed E-state index contributed by atoms with van der Waals surface area (Å²) in [6, 6.07) is 7.56. The molecule has 0 radical (unpaired) electrons. The van der Waals surface area contributed by atoms with Gasteiger partial charge in [-0.1, -0.05) is 5.21 Å². The number of aromatic nitrogens is 5. The molecule has 0 saturated carbocycles. The van der Waals surface area contributed by atoms with Crippen LogP contribution in [0.1, 0.15) is 22.1 Å². The monoisotopic (exact) mass is 352 g/mol. The van der Waals surface area contributed by atoms with Crippen molar-refractivity contribution in [3.05, 3.63) is 60.4 Å². The molecule has 0 spiro atoms. The van der Waals surface area contributed by atoms with Crippen molar-refractivity contribution in [1.29, 1.82) is 0 Å². The smallest absolute Gasteiger partial charge is 0.272 e. The van der Waals surface area contributed by atoms with Crippen molar-refractivity contribution in [2.45, 2.75) is 12.0 Å². The highest BCUT2D eigenvalue weighted by molar-refractivity contribution is 5.93. The van der Waals surface area contributed by atoms with Gasteiger partial charge >= 0.3 is 0 Å². The van der Waals surface area contributed by atoms with Gasteiger partial charge in [0.25, 0.3) is 5.91 Å². The number of amides is 1. The lowest BCUT2D eigenvalue weighted by atomic mass is 10.0. The van der Waals surface area contributed by atoms with E-state index >= 15 is 0 Å². The minimum atomic E-state index is -0.108. The standard InChI is InChI=1S/C18H20N6O2/c1-22-11-16(20-21-22)14-10-24(12-17(14)26-2)18(25)15-9-13(5-6-19-15)23-7-3-4-8-23/h3-9,11,14,17H,10,12H2,1-2H3/t14-,17+/m0/s1. The van der Waals surface area contributed by atoms with Crippen molar-refractivity contribution < 1.29 is 9.53 Å². The van der Waals surface area contributed by atoms with Crippen molar-refractivity contribution in [1.82, 2.24) is 29.4 Å². The third kappa shape index (κ3) is 2.99. The molecule has 134 valence electrons. The Kier molecular flexibility index (Phi) is 4.26. The first-order chi connectivity index (χ1) is 12.7. The fourth-order valence-electron chi connectivity index (χ4n) is 3.36. The van der Waals surface area contributed by atoms with Crippen LogP contribution < -0.4 is 0 Å². The number of pyridine rings is 1. The Labute approximate surface area is 151 Å². The fraction of sp³-hybridized carbons (Fsp3) is 0.333. The maximum absolute atomic E-state index is 13.0. The zero-order valence-electron chi connectivity index (χ0n) is 14.7. The van der Waals surface area contributed by atoms with Crippen LogP contribution in [0.15, 0.2) is 49.1 Å². The van der Waals surface area contributed by atoms with Gasteiger partial charge in [-0.3, -0.25) is 14.5 Å². The molecule has 3 aromatic rings. The first kappa shape index (κ1) is 16.5. The molecule has 3 aromatic heterocycles. The number of carbonyl (C=O) groups is 1. The first-order valence-corrected chi connectivity index (χ1v) is 8.43. The number of ether oxygens (including phenoxy) is 1. The highest BCUT2D eigenvalue weighted by atomic mass is 16.5. The van der Waals surface area contributed by atoms with E-state index in [0.29, 0.717) is 18.8 Å². The molecule has 1 aliphatic heterocycles. The second-order valence-electron chi connectivity index (χ2n) is 6.40. The summed E-state index contributed by atoms with van der Waals surface area (Å²) in [5.74, 6) is -0.0993. The molecule has 1 aliphatic rings. The third-order valence-corrected chi connectivity index (χ3v) is 4.72. The highest BCUT2D eigenvalue weighted by Crippen LogP contribution is 2.29. The lowest BCUT2D eigenvalue weighted by Crippen LogP contribution is -2.30. The van der Waals surface area contributed by atoms with Gasteiger partial charge in [0.2, 0.25) is 0 Å². The molecule has 1 saturated heterocycles. The number of hydrogen-bond acceptors (Lipinski definition) is 5. The molecular weight excluding hydrogens is 332 g/mol. The Balaban J connectivity index is 1.56. The number of likely N-dealkylation sites (tertiary alicyclic amines) is 1. The van der Waals surface area contributed by atoms with Gasteiger partial charge in [0, 0.05) is 57.7 Å². The summed E-state index contributed by atoms with van der Waals surface area (Å²) in [7, 11) is 3.49. The zero-order chi connectivity index (χ0) is 18.1. The van der Waals surface area contributed by atoms with E-state index in [9.17, 15) is 4.79 Å². The summed E-state index contributed by atoms with van der Waals surface area (Å²) in [6.45, 7) is 1.04. The van der Waals surface area contributed by atoms with Crippen molar-refractivity contribution >= 4 is 5.91 Å². The number of nitrogens with zero attached hydrogens (tertiary/aromatic N) is 6. The SMILES string of the molecule is CO[C@@H]1CN(C(=O)c2cc(-n3cccc3)ccn2)C[C@H]1c1cn(C)nn1. The average Bonchev–Trinajstić information content (AvgIpc) is 3.41. The van der Waals surface area contributed by atoms with E-state index in [1.54, 1.807) is 29.0 Å². The maximum atomic E-state index is 13.0. The molecule has 0 aromatic carbocycles. The Morgan fingerprint density at radius 3 is 2.77 bits per heavy atom. The van der Waals surface area contributed by atoms with Gasteiger partial charge in [0.05, 0.1) is 17.7 Å². The van der Waals surface area contributed by atoms with Gasteiger partial charge in [-0.2, -0.15) is 0 Å². The van der Waals surface area contributed by atoms with Gasteiger partial charge in [-0.15, -0.1) is 5.10 Å². The van der Waals surface area contributed by atoms with Crippen molar-refractivity contribution in [2.75, 3.05) is 20.2 Å². The average molecular weight is 352 g/mol. The molecule has 26 heavy (non-hydrogen) atoms. The highest BCUT2D eigenvalue weighted by Gasteiger charge is 2.38. The topological polar surface area (TPSA) is 78.1 Å². The van der Waals surface area contributed by atoms with Crippen LogP contribution in [0.3, 0.4) is 0 Å². The van der Waals surface area contributed by atoms with Crippen LogP contribution in [0.2, 0.25) is 0 Å². The second-order valence-corrected chi connectivity index (χ2v) is 6.40. The molecule has 1 fully saturated rings. The van der Waals surface area contributed by atoms with E-state index in [2.05, 4.69) is 15.3 Å². The van der Waals surface area contributed by atoms with Gasteiger partial charge in [-0.25, -0.2) is 0 Å². The van der Waals surface area contributed by atoms with Crippen molar-refractivity contribution in [3.63, 3.8) is 0 Å². The molecule has 8 nitrogen and oxygen atoms in total. The Bertz CT molecular complexity index is 904. The molecule has 0 bridgehead atoms. The molecule has 8 heteroatoms. The molecule has 0 unspecified atom stereocenters. The van der Waals surface area contributed by atoms with E-state index in [-0.39, 0.29) is 17.9 Å². The fourth-order valence-corrected chi connectivity index (χ4v) is 3.36. The van der Waals surface area contributed by atoms with Crippen LogP contribution in [0.5, 0.6) is 0 Å². The van der Waals surface area contributed by atoms with Crippen LogP contribution in [0.4, 0.5) is 0 Å². The van der Waals surface area contributed by atoms with Crippen LogP contribution in [-0.4, -0.2) is 61.7 Å². The summed E-state index contributed by atoms with van der Waals surface area (Å²) in [5.41, 5.74) is 2.16. The molecule has 0 N–H and O–H groups in total. The summed E-state index contributed by atoms with van der Waals surface area (Å²) < 4.78 is 9.20. The third-order valence-electron chi connectivity index (χ3n) is 4.72. The normalized spacial score (nSPS) is 19.8. The summed E-state index contributed by atoms with van der Waals surface area (Å²) in [6.07, 6.45) is 7.29. The second kappa shape index (κ2) is 6.72. The lowest BCUT2D eigenvalue weighted by molar-refractivity contribution is 0.0709. The Morgan fingerprint density at radius 2 is 2.08 bits per heavy atom. The molecule has 1 amide bonds. The number of methoxy groups -OCH3 is 1. The summed E-state index contributed by atoms with van der Waals surface area (Å²) in [4.78, 5) is 19.0. The maximum Gasteiger partial charge on any atom is 0.272 e. The van der Waals surface area contributed by atoms with Gasteiger partial charge in [0.15, 0.2) is 0 Å². The van der Waals surface area contributed by atoms with E-state index in [4.69, 9.17) is 4.74 Å². The van der Waals surface area contributed by atoms with Gasteiger partial charge in [0.1, 0.15) is 5.69 Å². The van der Waals surface area contributed by atoms with E-state index in [1.165, 1.54) is 0 Å². The van der Waals surface area contributed by atoms with Gasteiger partial charge in [-0.05, 0) is 24.3 Å². The van der Waals surface area contributed by atoms with E-state index in [1.807, 2.05) is 48.4 Å². The minimum Gasteiger partial charge on any atom is -0.379 e. The molecule has 4 rings (SSSR count). The van der Waals surface area contributed by atoms with Gasteiger partial charge < -0.3 is 14.2 Å². The van der Waals surface area contributed by atoms with E-state index in [0.717, 1.165) is 11.4 Å².